The number of pyridine rings is 4. The van der Waals surface area contributed by atoms with Gasteiger partial charge in [0.2, 0.25) is 17.7 Å². The van der Waals surface area contributed by atoms with Gasteiger partial charge in [0.05, 0.1) is 72.0 Å². The number of benzene rings is 11. The van der Waals surface area contributed by atoms with Crippen LogP contribution in [-0.2, 0) is 0 Å². The molecule has 0 radical (unpaired) electrons. The van der Waals surface area contributed by atoms with Gasteiger partial charge in [-0.15, -0.1) is 0 Å². The van der Waals surface area contributed by atoms with E-state index in [1.807, 2.05) is 200 Å². The fourth-order valence-corrected chi connectivity index (χ4v) is 14.1. The molecular formula is C89H56N10O3. The molecule has 0 saturated carbocycles. The Morgan fingerprint density at radius 3 is 1.03 bits per heavy atom. The molecule has 0 atom stereocenters. The molecule has 11 aromatic carbocycles. The van der Waals surface area contributed by atoms with Crippen molar-refractivity contribution >= 4 is 98.7 Å². The third-order valence-electron chi connectivity index (χ3n) is 18.6. The third kappa shape index (κ3) is 10.4. The van der Waals surface area contributed by atoms with E-state index in [2.05, 4.69) is 157 Å². The molecule has 21 rings (SSSR count). The largest absolute Gasteiger partial charge is 0.435 e. The van der Waals surface area contributed by atoms with Crippen LogP contribution in [0.4, 0.5) is 0 Å². The lowest BCUT2D eigenvalue weighted by molar-refractivity contribution is 0.622. The maximum absolute atomic E-state index is 6.38. The highest BCUT2D eigenvalue weighted by molar-refractivity contribution is 6.21. The summed E-state index contributed by atoms with van der Waals surface area (Å²) in [4.78, 5) is 33.4. The Morgan fingerprint density at radius 2 is 0.578 bits per heavy atom. The van der Waals surface area contributed by atoms with E-state index >= 15 is 0 Å². The van der Waals surface area contributed by atoms with E-state index in [1.54, 1.807) is 6.20 Å². The average Bonchev–Trinajstić information content (AvgIpc) is 1.59. The summed E-state index contributed by atoms with van der Waals surface area (Å²) < 4.78 is 25.8. The van der Waals surface area contributed by atoms with Crippen molar-refractivity contribution in [1.82, 2.24) is 48.6 Å². The fourth-order valence-electron chi connectivity index (χ4n) is 14.1. The highest BCUT2D eigenvalue weighted by Crippen LogP contribution is 2.43. The molecule has 21 aromatic rings. The van der Waals surface area contributed by atoms with Crippen LogP contribution in [0.2, 0.25) is 0 Å². The van der Waals surface area contributed by atoms with Crippen molar-refractivity contribution in [3.8, 4) is 85.6 Å². The van der Waals surface area contributed by atoms with Crippen molar-refractivity contribution in [2.75, 3.05) is 0 Å². The smallest absolute Gasteiger partial charge is 0.227 e. The highest BCUT2D eigenvalue weighted by Gasteiger charge is 2.24. The van der Waals surface area contributed by atoms with Crippen LogP contribution in [0.15, 0.2) is 353 Å². The molecule has 0 fully saturated rings. The summed E-state index contributed by atoms with van der Waals surface area (Å²) in [5, 5.41) is 6.52. The number of para-hydroxylation sites is 3. The topological polar surface area (TPSA) is 144 Å². The van der Waals surface area contributed by atoms with Crippen LogP contribution in [0.25, 0.3) is 184 Å². The molecule has 0 bridgehead atoms. The Hall–Kier alpha value is -14.2. The van der Waals surface area contributed by atoms with Gasteiger partial charge < -0.3 is 17.8 Å². The molecule has 13 nitrogen and oxygen atoms in total. The molecule has 0 aliphatic rings. The van der Waals surface area contributed by atoms with Crippen LogP contribution in [-0.4, -0.2) is 48.6 Å². The van der Waals surface area contributed by atoms with E-state index in [0.717, 1.165) is 167 Å². The van der Waals surface area contributed by atoms with Gasteiger partial charge in [-0.1, -0.05) is 176 Å². The van der Waals surface area contributed by atoms with E-state index in [1.165, 1.54) is 0 Å². The first kappa shape index (κ1) is 59.1. The number of oxazole rings is 3. The van der Waals surface area contributed by atoms with Crippen molar-refractivity contribution in [2.24, 2.45) is 0 Å². The fraction of sp³-hybridized carbons (Fsp3) is 0. The molecule has 102 heavy (non-hydrogen) atoms. The monoisotopic (exact) mass is 1310 g/mol. The van der Waals surface area contributed by atoms with E-state index in [9.17, 15) is 0 Å². The first-order valence-electron chi connectivity index (χ1n) is 33.7. The summed E-state index contributed by atoms with van der Waals surface area (Å²) in [6.07, 6.45) is 3.61. The molecule has 0 amide bonds. The van der Waals surface area contributed by atoms with Crippen molar-refractivity contribution in [3.05, 3.63) is 340 Å². The first-order chi connectivity index (χ1) is 50.6. The Kier molecular flexibility index (Phi) is 14.5. The summed E-state index contributed by atoms with van der Waals surface area (Å²) in [6.45, 7) is 0. The van der Waals surface area contributed by atoms with Crippen LogP contribution >= 0.6 is 0 Å². The van der Waals surface area contributed by atoms with E-state index in [-0.39, 0.29) is 0 Å². The Labute approximate surface area is 582 Å². The summed E-state index contributed by atoms with van der Waals surface area (Å²) in [6, 6.07) is 111. The van der Waals surface area contributed by atoms with E-state index < -0.39 is 0 Å². The highest BCUT2D eigenvalue weighted by atomic mass is 16.4. The second-order valence-electron chi connectivity index (χ2n) is 24.7. The number of hydrogen-bond acceptors (Lipinski definition) is 10. The van der Waals surface area contributed by atoms with Gasteiger partial charge in [-0.2, -0.15) is 0 Å². The summed E-state index contributed by atoms with van der Waals surface area (Å²) in [5.41, 5.74) is 21.1. The number of fused-ring (bicyclic) bond motifs is 15. The molecule has 0 aliphatic carbocycles. The predicted octanol–water partition coefficient (Wildman–Crippen LogP) is 22.4. The van der Waals surface area contributed by atoms with Gasteiger partial charge in [0.1, 0.15) is 28.2 Å². The van der Waals surface area contributed by atoms with Crippen LogP contribution in [0.3, 0.4) is 0 Å². The molecule has 0 spiro atoms. The Balaban J connectivity index is 0.000000106. The lowest BCUT2D eigenvalue weighted by Crippen LogP contribution is -1.98. The minimum atomic E-state index is 0.621. The van der Waals surface area contributed by atoms with Gasteiger partial charge in [0, 0.05) is 62.1 Å². The maximum Gasteiger partial charge on any atom is 0.227 e. The summed E-state index contributed by atoms with van der Waals surface area (Å²) in [5.74, 6) is 3.59. The molecule has 10 aromatic heterocycles. The van der Waals surface area contributed by atoms with Crippen LogP contribution in [0, 0.1) is 0 Å². The van der Waals surface area contributed by atoms with Crippen molar-refractivity contribution in [1.29, 1.82) is 0 Å². The quantitative estimate of drug-likeness (QED) is 0.137. The van der Waals surface area contributed by atoms with Gasteiger partial charge in [0.15, 0.2) is 16.7 Å². The zero-order valence-electron chi connectivity index (χ0n) is 54.5. The minimum absolute atomic E-state index is 0.621. The van der Waals surface area contributed by atoms with Crippen molar-refractivity contribution in [2.45, 2.75) is 0 Å². The summed E-state index contributed by atoms with van der Waals surface area (Å²) in [7, 11) is 0. The van der Waals surface area contributed by atoms with Crippen LogP contribution < -0.4 is 0 Å². The molecular weight excluding hydrogens is 1260 g/mol. The van der Waals surface area contributed by atoms with Crippen molar-refractivity contribution in [3.63, 3.8) is 0 Å². The van der Waals surface area contributed by atoms with Crippen LogP contribution in [0.5, 0.6) is 0 Å². The molecule has 0 unspecified atom stereocenters. The third-order valence-corrected chi connectivity index (χ3v) is 18.6. The maximum atomic E-state index is 6.38. The number of aromatic nitrogens is 10. The molecule has 0 aliphatic heterocycles. The number of hydrogen-bond donors (Lipinski definition) is 0. The van der Waals surface area contributed by atoms with Gasteiger partial charge in [-0.25, -0.2) is 24.9 Å². The van der Waals surface area contributed by atoms with Crippen molar-refractivity contribution < 1.29 is 13.3 Å². The first-order valence-corrected chi connectivity index (χ1v) is 33.7. The summed E-state index contributed by atoms with van der Waals surface area (Å²) >= 11 is 0. The predicted molar refractivity (Wildman–Crippen MR) is 409 cm³/mol. The van der Waals surface area contributed by atoms with Gasteiger partial charge >= 0.3 is 0 Å². The minimum Gasteiger partial charge on any atom is -0.435 e. The average molecular weight is 1310 g/mol. The zero-order valence-corrected chi connectivity index (χ0v) is 54.5. The standard InChI is InChI=1S/2C30H19N3O.C29H18N4O/c1-3-10-20(11-4-1)23-15-9-17-27(31-23)33-25-16-8-7-14-22(25)28-26(33)19-18-24-29(28)34-30(32-24)21-12-5-2-6-13-21;1-2-9-20(10-3-1)30-32-25-16-17-27-28(29(25)34-30)23-13-4-5-15-26(23)33(27)22-12-8-11-21(19-22)24-14-6-7-18-31-24;1-2-9-19(10-3-1)29-32-23-16-17-25-27(28(23)34-29)20-11-4-5-14-24(20)33(25)26-15-8-13-22(31-26)21-12-6-7-18-30-21/h2*1-19H;1-18H. The second kappa shape index (κ2) is 25.0. The Bertz CT molecular complexity index is 6040. The van der Waals surface area contributed by atoms with E-state index in [4.69, 9.17) is 38.2 Å². The zero-order chi connectivity index (χ0) is 67.5. The normalized spacial score (nSPS) is 11.5. The van der Waals surface area contributed by atoms with Gasteiger partial charge in [-0.05, 0) is 152 Å². The molecule has 13 heteroatoms. The van der Waals surface area contributed by atoms with E-state index in [0.29, 0.717) is 17.7 Å². The second-order valence-corrected chi connectivity index (χ2v) is 24.7. The lowest BCUT2D eigenvalue weighted by atomic mass is 10.1. The van der Waals surface area contributed by atoms with Gasteiger partial charge in [0.25, 0.3) is 0 Å². The number of rotatable bonds is 9. The molecule has 0 saturated heterocycles. The molecule has 0 N–H and O–H groups in total. The number of nitrogens with zero attached hydrogens (tertiary/aromatic N) is 10. The molecule has 10 heterocycles. The lowest BCUT2D eigenvalue weighted by Gasteiger charge is -2.10. The molecule has 480 valence electrons. The van der Waals surface area contributed by atoms with Crippen LogP contribution in [0.1, 0.15) is 0 Å². The Morgan fingerprint density at radius 1 is 0.225 bits per heavy atom. The SMILES string of the molecule is c1ccc(-c2cccc(-n3c4ccccc4c4c5oc(-c6ccccc6)nc5ccc43)n2)cc1.c1ccc(-c2nc3ccc4c(c5ccccc5n4-c4cccc(-c5ccccn5)c4)c3o2)cc1.c1ccc(-c2nc3ccc4c(c5ccccc5n4-c4cccc(-c5ccccn5)n4)c3o2)cc1. The van der Waals surface area contributed by atoms with Gasteiger partial charge in [-0.3, -0.25) is 19.1 Å².